The number of benzene rings is 3. The highest BCUT2D eigenvalue weighted by molar-refractivity contribution is 6.30. The summed E-state index contributed by atoms with van der Waals surface area (Å²) in [4.78, 5) is 28.2. The van der Waals surface area contributed by atoms with E-state index >= 15 is 0 Å². The van der Waals surface area contributed by atoms with Crippen molar-refractivity contribution in [3.63, 3.8) is 0 Å². The average molecular weight is 521 g/mol. The molecule has 4 atom stereocenters. The number of carbonyl (C=O) groups excluding carboxylic acids is 2. The number of urea groups is 1. The number of aryl methyl sites for hydroxylation is 1. The zero-order valence-electron chi connectivity index (χ0n) is 21.4. The van der Waals surface area contributed by atoms with Gasteiger partial charge in [0.2, 0.25) is 5.91 Å². The van der Waals surface area contributed by atoms with Gasteiger partial charge in [-0.2, -0.15) is 0 Å². The molecule has 194 valence electrons. The summed E-state index contributed by atoms with van der Waals surface area (Å²) in [6.45, 7) is 4.08. The Kier molecular flexibility index (Phi) is 8.64. The van der Waals surface area contributed by atoms with Crippen molar-refractivity contribution in [3.05, 3.63) is 107 Å². The lowest BCUT2D eigenvalue weighted by Gasteiger charge is -2.55. The van der Waals surface area contributed by atoms with E-state index in [2.05, 4.69) is 5.32 Å². The fraction of sp³-hybridized carbons (Fsp3) is 0.333. The van der Waals surface area contributed by atoms with Gasteiger partial charge in [0.25, 0.3) is 0 Å². The van der Waals surface area contributed by atoms with Crippen molar-refractivity contribution < 1.29 is 19.1 Å². The number of nitrogens with one attached hydrogen (secondary N) is 1. The summed E-state index contributed by atoms with van der Waals surface area (Å²) in [5.41, 5.74) is 2.16. The molecular weight excluding hydrogens is 488 g/mol. The van der Waals surface area contributed by atoms with E-state index in [1.807, 2.05) is 98.8 Å². The predicted octanol–water partition coefficient (Wildman–Crippen LogP) is 6.15. The molecule has 3 aromatic rings. The van der Waals surface area contributed by atoms with Crippen molar-refractivity contribution in [1.82, 2.24) is 10.2 Å². The third-order valence-corrected chi connectivity index (χ3v) is 7.34. The topological polar surface area (TPSA) is 67.9 Å². The quantitative estimate of drug-likeness (QED) is 0.257. The first-order valence-corrected chi connectivity index (χ1v) is 12.8. The van der Waals surface area contributed by atoms with E-state index in [9.17, 15) is 9.59 Å². The van der Waals surface area contributed by atoms with Gasteiger partial charge in [0.1, 0.15) is 6.04 Å². The number of likely N-dealkylation sites (tertiary alicyclic amines) is 1. The second-order valence-electron chi connectivity index (χ2n) is 9.65. The number of ether oxygens (including phenoxy) is 2. The summed E-state index contributed by atoms with van der Waals surface area (Å²) in [6.07, 6.45) is 0.400. The number of rotatable bonds is 10. The summed E-state index contributed by atoms with van der Waals surface area (Å²) in [5, 5.41) is 3.63. The van der Waals surface area contributed by atoms with E-state index < -0.39 is 23.8 Å². The normalized spacial score (nSPS) is 20.7. The molecule has 0 bridgehead atoms. The van der Waals surface area contributed by atoms with Crippen LogP contribution in [0.3, 0.4) is 0 Å². The molecule has 1 saturated heterocycles. The van der Waals surface area contributed by atoms with Gasteiger partial charge in [-0.15, -0.1) is 0 Å². The van der Waals surface area contributed by atoms with Gasteiger partial charge in [0.05, 0.1) is 18.1 Å². The summed E-state index contributed by atoms with van der Waals surface area (Å²) in [7, 11) is 1.54. The first kappa shape index (κ1) is 26.9. The zero-order valence-corrected chi connectivity index (χ0v) is 22.2. The van der Waals surface area contributed by atoms with Crippen LogP contribution in [0, 0.1) is 5.41 Å². The molecule has 7 heteroatoms. The predicted molar refractivity (Wildman–Crippen MR) is 144 cm³/mol. The molecular formula is C30H33ClN2O4. The molecule has 4 unspecified atom stereocenters. The molecule has 1 fully saturated rings. The van der Waals surface area contributed by atoms with Crippen LogP contribution >= 0.6 is 11.6 Å². The number of halogens is 1. The van der Waals surface area contributed by atoms with Gasteiger partial charge in [0, 0.05) is 12.1 Å². The minimum absolute atomic E-state index is 0.241. The lowest BCUT2D eigenvalue weighted by molar-refractivity contribution is -0.223. The van der Waals surface area contributed by atoms with Crippen LogP contribution in [-0.4, -0.2) is 36.3 Å². The lowest BCUT2D eigenvalue weighted by atomic mass is 9.68. The second-order valence-corrected chi connectivity index (χ2v) is 10.1. The molecule has 1 aliphatic rings. The van der Waals surface area contributed by atoms with Crippen LogP contribution in [0.5, 0.6) is 0 Å². The molecule has 3 amide bonds. The standard InChI is InChI=1S/C30H33ClN2O4/c1-21(24-12-8-5-9-13-24)32-29(35)33-26(27(36-3)37-20-23-10-6-4-7-11-23)30(2,28(33)34)19-18-22-14-16-25(31)17-15-22/h4-17,21,26-27H,18-20H2,1-3H3,(H,32,35). The highest BCUT2D eigenvalue weighted by Gasteiger charge is 2.63. The van der Waals surface area contributed by atoms with Crippen LogP contribution < -0.4 is 5.32 Å². The third-order valence-electron chi connectivity index (χ3n) is 7.09. The molecule has 1 heterocycles. The smallest absolute Gasteiger partial charge is 0.325 e. The number of amides is 3. The van der Waals surface area contributed by atoms with Crippen molar-refractivity contribution in [2.75, 3.05) is 7.11 Å². The number of hydrogen-bond donors (Lipinski definition) is 1. The largest absolute Gasteiger partial charge is 0.354 e. The highest BCUT2D eigenvalue weighted by Crippen LogP contribution is 2.46. The maximum Gasteiger partial charge on any atom is 0.325 e. The lowest BCUT2D eigenvalue weighted by Crippen LogP contribution is -2.75. The molecule has 3 aromatic carbocycles. The molecule has 0 spiro atoms. The summed E-state index contributed by atoms with van der Waals surface area (Å²) < 4.78 is 11.9. The summed E-state index contributed by atoms with van der Waals surface area (Å²) in [6, 6.07) is 25.7. The van der Waals surface area contributed by atoms with E-state index in [1.165, 1.54) is 4.90 Å². The van der Waals surface area contributed by atoms with Crippen LogP contribution in [0.25, 0.3) is 0 Å². The number of nitrogens with zero attached hydrogens (tertiary/aromatic N) is 1. The average Bonchev–Trinajstić information content (AvgIpc) is 2.93. The van der Waals surface area contributed by atoms with Crippen molar-refractivity contribution in [2.45, 2.75) is 51.7 Å². The molecule has 0 saturated carbocycles. The van der Waals surface area contributed by atoms with E-state index in [0.717, 1.165) is 16.7 Å². The molecule has 0 aromatic heterocycles. The van der Waals surface area contributed by atoms with Gasteiger partial charge in [-0.3, -0.25) is 9.69 Å². The first-order chi connectivity index (χ1) is 17.8. The van der Waals surface area contributed by atoms with Crippen LogP contribution in [0.4, 0.5) is 4.79 Å². The fourth-order valence-electron chi connectivity index (χ4n) is 4.82. The van der Waals surface area contributed by atoms with Crippen molar-refractivity contribution >= 4 is 23.5 Å². The number of β-lactam (4-membered cyclic amide) rings is 1. The van der Waals surface area contributed by atoms with Crippen molar-refractivity contribution in [2.24, 2.45) is 5.41 Å². The highest BCUT2D eigenvalue weighted by atomic mass is 35.5. The van der Waals surface area contributed by atoms with Crippen LogP contribution in [-0.2, 0) is 27.3 Å². The van der Waals surface area contributed by atoms with E-state index in [4.69, 9.17) is 21.1 Å². The van der Waals surface area contributed by atoms with Crippen LogP contribution in [0.1, 0.15) is 43.0 Å². The van der Waals surface area contributed by atoms with E-state index in [1.54, 1.807) is 7.11 Å². The van der Waals surface area contributed by atoms with Gasteiger partial charge >= 0.3 is 6.03 Å². The summed E-state index contributed by atoms with van der Waals surface area (Å²) in [5.74, 6) is -0.241. The molecule has 6 nitrogen and oxygen atoms in total. The Morgan fingerprint density at radius 2 is 1.62 bits per heavy atom. The maximum atomic E-state index is 13.6. The van der Waals surface area contributed by atoms with Gasteiger partial charge in [0.15, 0.2) is 6.29 Å². The van der Waals surface area contributed by atoms with Gasteiger partial charge in [-0.1, -0.05) is 84.4 Å². The maximum absolute atomic E-state index is 13.6. The second kappa shape index (κ2) is 11.9. The summed E-state index contributed by atoms with van der Waals surface area (Å²) >= 11 is 6.03. The van der Waals surface area contributed by atoms with E-state index in [0.29, 0.717) is 24.5 Å². The Morgan fingerprint density at radius 3 is 2.24 bits per heavy atom. The van der Waals surface area contributed by atoms with Crippen molar-refractivity contribution in [3.8, 4) is 0 Å². The number of imide groups is 1. The first-order valence-electron chi connectivity index (χ1n) is 12.5. The van der Waals surface area contributed by atoms with Gasteiger partial charge < -0.3 is 14.8 Å². The molecule has 4 rings (SSSR count). The van der Waals surface area contributed by atoms with Gasteiger partial charge in [-0.25, -0.2) is 4.79 Å². The number of hydrogen-bond acceptors (Lipinski definition) is 4. The Hall–Kier alpha value is -3.19. The zero-order chi connectivity index (χ0) is 26.4. The monoisotopic (exact) mass is 520 g/mol. The molecule has 1 N–H and O–H groups in total. The Morgan fingerprint density at radius 1 is 1.00 bits per heavy atom. The van der Waals surface area contributed by atoms with Gasteiger partial charge in [-0.05, 0) is 55.5 Å². The fourth-order valence-corrected chi connectivity index (χ4v) is 4.94. The third kappa shape index (κ3) is 6.04. The Balaban J connectivity index is 1.54. The molecule has 37 heavy (non-hydrogen) atoms. The minimum Gasteiger partial charge on any atom is -0.354 e. The molecule has 1 aliphatic heterocycles. The Bertz CT molecular complexity index is 1190. The van der Waals surface area contributed by atoms with Crippen molar-refractivity contribution in [1.29, 1.82) is 0 Å². The SMILES string of the molecule is COC(OCc1ccccc1)C1N(C(=O)NC(C)c2ccccc2)C(=O)C1(C)CCc1ccc(Cl)cc1. The van der Waals surface area contributed by atoms with Crippen LogP contribution in [0.15, 0.2) is 84.9 Å². The number of methoxy groups -OCH3 is 1. The van der Waals surface area contributed by atoms with Crippen LogP contribution in [0.2, 0.25) is 5.02 Å². The Labute approximate surface area is 223 Å². The number of carbonyl (C=O) groups is 2. The van der Waals surface area contributed by atoms with E-state index in [-0.39, 0.29) is 11.9 Å². The minimum atomic E-state index is -0.843. The molecule has 0 aliphatic carbocycles. The molecule has 0 radical (unpaired) electrons.